The van der Waals surface area contributed by atoms with Gasteiger partial charge in [-0.3, -0.25) is 0 Å². The van der Waals surface area contributed by atoms with Crippen LogP contribution in [0, 0.1) is 0 Å². The molecule has 0 fully saturated rings. The maximum Gasteiger partial charge on any atom is 1.00 e. The van der Waals surface area contributed by atoms with Crippen molar-refractivity contribution in [3.63, 3.8) is 0 Å². The maximum absolute atomic E-state index is 11.4. The molecule has 56 valence electrons. The molecule has 0 aliphatic carbocycles. The molecule has 0 spiro atoms. The number of aliphatic hydroxyl groups is 1. The van der Waals surface area contributed by atoms with Crippen LogP contribution in [-0.2, 0) is 0 Å². The van der Waals surface area contributed by atoms with Crippen molar-refractivity contribution in [2.75, 3.05) is 6.61 Å². The molecule has 1 N–H and O–H groups in total. The Bertz CT molecular complexity index is 77.4. The second-order valence-corrected chi connectivity index (χ2v) is 1.93. The van der Waals surface area contributed by atoms with Crippen LogP contribution in [0.2, 0.25) is 6.32 Å². The standard InChI is InChI=1S/C4H9BF3O.K/c6-5(7,8)3-1-2-4-9;/h9H,1-4H2;/q-1;+1. The molecule has 0 amide bonds. The van der Waals surface area contributed by atoms with Crippen LogP contribution in [0.3, 0.4) is 0 Å². The molecule has 0 aliphatic heterocycles. The molecular weight excluding hydrogens is 171 g/mol. The Labute approximate surface area is 101 Å². The van der Waals surface area contributed by atoms with Crippen molar-refractivity contribution in [1.82, 2.24) is 0 Å². The van der Waals surface area contributed by atoms with Gasteiger partial charge in [-0.05, 0) is 6.42 Å². The first-order chi connectivity index (χ1) is 4.06. The number of aliphatic hydroxyl groups excluding tert-OH is 1. The average Bonchev–Trinajstić information content (AvgIpc) is 1.63. The zero-order valence-electron chi connectivity index (χ0n) is 5.99. The third-order valence-electron chi connectivity index (χ3n) is 0.940. The number of rotatable bonds is 4. The zero-order valence-corrected chi connectivity index (χ0v) is 9.11. The molecule has 0 radical (unpaired) electrons. The van der Waals surface area contributed by atoms with Crippen molar-refractivity contribution in [3.8, 4) is 0 Å². The Balaban J connectivity index is 0. The molecule has 0 aromatic carbocycles. The van der Waals surface area contributed by atoms with Crippen molar-refractivity contribution in [2.24, 2.45) is 0 Å². The van der Waals surface area contributed by atoms with E-state index in [4.69, 9.17) is 5.11 Å². The predicted octanol–water partition coefficient (Wildman–Crippen LogP) is -1.39. The minimum atomic E-state index is -4.62. The van der Waals surface area contributed by atoms with E-state index in [1.807, 2.05) is 0 Å². The van der Waals surface area contributed by atoms with Gasteiger partial charge in [-0.1, -0.05) is 12.7 Å². The van der Waals surface area contributed by atoms with Gasteiger partial charge in [0.2, 0.25) is 0 Å². The number of hydrogen-bond acceptors (Lipinski definition) is 1. The molecule has 6 heteroatoms. The van der Waals surface area contributed by atoms with Gasteiger partial charge in [0.1, 0.15) is 0 Å². The summed E-state index contributed by atoms with van der Waals surface area (Å²) in [6.45, 7) is -4.77. The first-order valence-corrected chi connectivity index (χ1v) is 2.88. The summed E-state index contributed by atoms with van der Waals surface area (Å²) >= 11 is 0. The predicted molar refractivity (Wildman–Crippen MR) is 30.2 cm³/mol. The van der Waals surface area contributed by atoms with E-state index in [1.165, 1.54) is 0 Å². The quantitative estimate of drug-likeness (QED) is 0.417. The maximum atomic E-state index is 11.4. The Kier molecular flexibility index (Phi) is 9.97. The molecule has 10 heavy (non-hydrogen) atoms. The van der Waals surface area contributed by atoms with Gasteiger partial charge < -0.3 is 18.1 Å². The third kappa shape index (κ3) is 12.2. The second kappa shape index (κ2) is 7.12. The van der Waals surface area contributed by atoms with E-state index in [-0.39, 0.29) is 70.8 Å². The molecule has 0 heterocycles. The van der Waals surface area contributed by atoms with Crippen LogP contribution in [0.5, 0.6) is 0 Å². The number of halogens is 3. The summed E-state index contributed by atoms with van der Waals surface area (Å²) in [7, 11) is 0. The molecule has 1 nitrogen and oxygen atoms in total. The average molecular weight is 180 g/mol. The number of hydrogen-bond donors (Lipinski definition) is 1. The van der Waals surface area contributed by atoms with Crippen molar-refractivity contribution in [3.05, 3.63) is 0 Å². The van der Waals surface area contributed by atoms with Crippen LogP contribution in [0.25, 0.3) is 0 Å². The van der Waals surface area contributed by atoms with E-state index >= 15 is 0 Å². The van der Waals surface area contributed by atoms with Gasteiger partial charge in [0, 0.05) is 6.61 Å². The molecule has 0 saturated heterocycles. The van der Waals surface area contributed by atoms with Gasteiger partial charge in [-0.15, -0.1) is 0 Å². The van der Waals surface area contributed by atoms with Crippen LogP contribution >= 0.6 is 0 Å². The number of unbranched alkanes of at least 4 members (excludes halogenated alkanes) is 1. The van der Waals surface area contributed by atoms with Crippen LogP contribution in [0.4, 0.5) is 12.9 Å². The summed E-state index contributed by atoms with van der Waals surface area (Å²) in [4.78, 5) is 0. The second-order valence-electron chi connectivity index (χ2n) is 1.93. The Hall–Kier alpha value is 1.45. The van der Waals surface area contributed by atoms with Crippen LogP contribution in [0.1, 0.15) is 12.8 Å². The summed E-state index contributed by atoms with van der Waals surface area (Å²) in [6.07, 6.45) is -0.415. The van der Waals surface area contributed by atoms with Gasteiger partial charge >= 0.3 is 58.4 Å². The summed E-state index contributed by atoms with van der Waals surface area (Å²) in [5.74, 6) is 0. The fourth-order valence-corrected chi connectivity index (χ4v) is 0.488. The molecule has 0 bridgehead atoms. The van der Waals surface area contributed by atoms with Crippen molar-refractivity contribution >= 4 is 6.98 Å². The SMILES string of the molecule is OCCCC[B-](F)(F)F.[K+]. The van der Waals surface area contributed by atoms with Gasteiger partial charge in [0.05, 0.1) is 0 Å². The van der Waals surface area contributed by atoms with Gasteiger partial charge in [0.15, 0.2) is 0 Å². The molecule has 0 aromatic rings. The van der Waals surface area contributed by atoms with Crippen LogP contribution < -0.4 is 51.4 Å². The van der Waals surface area contributed by atoms with E-state index in [2.05, 4.69) is 0 Å². The van der Waals surface area contributed by atoms with Gasteiger partial charge in [0.25, 0.3) is 0 Å². The summed E-state index contributed by atoms with van der Waals surface area (Å²) in [5.41, 5.74) is 0. The molecular formula is C4H9BF3KO. The van der Waals surface area contributed by atoms with Crippen molar-refractivity contribution in [1.29, 1.82) is 0 Å². The van der Waals surface area contributed by atoms with Crippen molar-refractivity contribution < 1.29 is 69.4 Å². The topological polar surface area (TPSA) is 20.2 Å². The molecule has 0 aliphatic rings. The molecule has 0 unspecified atom stereocenters. The Morgan fingerprint density at radius 1 is 1.10 bits per heavy atom. The molecule has 0 aromatic heterocycles. The van der Waals surface area contributed by atoms with E-state index in [0.717, 1.165) is 0 Å². The normalized spacial score (nSPS) is 10.8. The van der Waals surface area contributed by atoms with Gasteiger partial charge in [-0.25, -0.2) is 0 Å². The Morgan fingerprint density at radius 2 is 1.60 bits per heavy atom. The largest absolute Gasteiger partial charge is 1.00 e. The van der Waals surface area contributed by atoms with E-state index in [0.29, 0.717) is 0 Å². The van der Waals surface area contributed by atoms with Crippen LogP contribution in [0.15, 0.2) is 0 Å². The smallest absolute Gasteiger partial charge is 0.449 e. The molecule has 0 saturated carbocycles. The fraction of sp³-hybridized carbons (Fsp3) is 1.00. The minimum absolute atomic E-state index is 0. The fourth-order valence-electron chi connectivity index (χ4n) is 0.488. The molecule has 0 rings (SSSR count). The van der Waals surface area contributed by atoms with Crippen molar-refractivity contribution in [2.45, 2.75) is 19.2 Å². The van der Waals surface area contributed by atoms with Gasteiger partial charge in [-0.2, -0.15) is 0 Å². The summed E-state index contributed by atoms with van der Waals surface area (Å²) in [6, 6.07) is 0. The minimum Gasteiger partial charge on any atom is -0.449 e. The Morgan fingerprint density at radius 3 is 1.90 bits per heavy atom. The van der Waals surface area contributed by atoms with E-state index < -0.39 is 13.3 Å². The zero-order chi connectivity index (χ0) is 7.33. The first kappa shape index (κ1) is 14.0. The monoisotopic (exact) mass is 180 g/mol. The third-order valence-corrected chi connectivity index (χ3v) is 0.940. The summed E-state index contributed by atoms with van der Waals surface area (Å²) in [5, 5.41) is 8.10. The summed E-state index contributed by atoms with van der Waals surface area (Å²) < 4.78 is 34.1. The first-order valence-electron chi connectivity index (χ1n) is 2.88. The van der Waals surface area contributed by atoms with E-state index in [9.17, 15) is 12.9 Å². The molecule has 0 atom stereocenters. The van der Waals surface area contributed by atoms with E-state index in [1.54, 1.807) is 0 Å². The van der Waals surface area contributed by atoms with Crippen LogP contribution in [-0.4, -0.2) is 18.7 Å².